The molecule has 0 N–H and O–H groups in total. The molecule has 1 heteroatoms. The van der Waals surface area contributed by atoms with Crippen molar-refractivity contribution in [3.8, 4) is 0 Å². The van der Waals surface area contributed by atoms with Crippen LogP contribution in [-0.4, -0.2) is 0 Å². The van der Waals surface area contributed by atoms with Crippen molar-refractivity contribution in [2.24, 2.45) is 0 Å². The van der Waals surface area contributed by atoms with E-state index in [1.54, 1.807) is 0 Å². The Bertz CT molecular complexity index is 146. The molecular weight excluding hydrogens is 171 g/mol. The molecule has 0 heterocycles. The summed E-state index contributed by atoms with van der Waals surface area (Å²) in [4.78, 5) is 0. The molecule has 59 valence electrons. The van der Waals surface area contributed by atoms with E-state index >= 15 is 0 Å². The van der Waals surface area contributed by atoms with Crippen LogP contribution in [0.3, 0.4) is 0 Å². The molecule has 0 atom stereocenters. The van der Waals surface area contributed by atoms with E-state index < -0.39 is 0 Å². The van der Waals surface area contributed by atoms with Gasteiger partial charge in [-0.05, 0) is 0 Å². The van der Waals surface area contributed by atoms with Crippen LogP contribution in [0.25, 0.3) is 0 Å². The van der Waals surface area contributed by atoms with Gasteiger partial charge in [0.05, 0.1) is 0 Å². The summed E-state index contributed by atoms with van der Waals surface area (Å²) in [6, 6.07) is 10.9. The summed E-state index contributed by atoms with van der Waals surface area (Å²) in [7, 11) is 0. The third-order valence-electron chi connectivity index (χ3n) is 1.04. The molecule has 0 aliphatic carbocycles. The Morgan fingerprint density at radius 3 is 2.27 bits per heavy atom. The maximum atomic E-state index is 3.72. The second-order valence-corrected chi connectivity index (χ2v) is 1.64. The molecule has 0 saturated carbocycles. The molecule has 0 nitrogen and oxygen atoms in total. The third kappa shape index (κ3) is 6.21. The van der Waals surface area contributed by atoms with E-state index in [-0.39, 0.29) is 18.6 Å². The van der Waals surface area contributed by atoms with Gasteiger partial charge >= 0.3 is 18.6 Å². The Morgan fingerprint density at radius 2 is 2.00 bits per heavy atom. The van der Waals surface area contributed by atoms with Gasteiger partial charge in [-0.15, -0.1) is 0 Å². The molecule has 0 unspecified atom stereocenters. The zero-order valence-corrected chi connectivity index (χ0v) is 8.57. The Labute approximate surface area is 81.9 Å². The first kappa shape index (κ1) is 13.4. The summed E-state index contributed by atoms with van der Waals surface area (Å²) in [5.41, 5.74) is 1.17. The van der Waals surface area contributed by atoms with Crippen molar-refractivity contribution in [1.82, 2.24) is 0 Å². The normalized spacial score (nSPS) is 7.18. The zero-order valence-electron chi connectivity index (χ0n) is 7.17. The van der Waals surface area contributed by atoms with Gasteiger partial charge < -0.3 is 6.92 Å². The summed E-state index contributed by atoms with van der Waals surface area (Å²) >= 11 is 0. The van der Waals surface area contributed by atoms with E-state index in [0.29, 0.717) is 0 Å². The molecule has 0 spiro atoms. The molecule has 0 aliphatic rings. The number of rotatable bonds is 1. The van der Waals surface area contributed by atoms with E-state index in [2.05, 4.69) is 13.0 Å². The van der Waals surface area contributed by atoms with Crippen LogP contribution in [0.4, 0.5) is 0 Å². The Kier molecular flexibility index (Phi) is 11.9. The van der Waals surface area contributed by atoms with Gasteiger partial charge in [-0.3, -0.25) is 0 Å². The van der Waals surface area contributed by atoms with Crippen LogP contribution in [0.5, 0.6) is 0 Å². The molecule has 0 fully saturated rings. The monoisotopic (exact) mass is 185 g/mol. The van der Waals surface area contributed by atoms with Gasteiger partial charge in [0.2, 0.25) is 0 Å². The molecule has 1 radical (unpaired) electrons. The van der Waals surface area contributed by atoms with Gasteiger partial charge in [-0.2, -0.15) is 42.3 Å². The maximum absolute atomic E-state index is 3.72. The fourth-order valence-corrected chi connectivity index (χ4v) is 0.586. The Balaban J connectivity index is 0. The molecule has 0 bridgehead atoms. The van der Waals surface area contributed by atoms with Crippen molar-refractivity contribution in [2.75, 3.05) is 0 Å². The number of benzene rings is 1. The predicted molar refractivity (Wildman–Crippen MR) is 45.7 cm³/mol. The zero-order chi connectivity index (χ0) is 7.82. The summed E-state index contributed by atoms with van der Waals surface area (Å²) in [5.74, 6) is 0. The molecule has 0 aromatic heterocycles. The quantitative estimate of drug-likeness (QED) is 0.590. The van der Waals surface area contributed by atoms with Crippen molar-refractivity contribution in [1.29, 1.82) is 0 Å². The Hall–Kier alpha value is -0.196. The fourth-order valence-electron chi connectivity index (χ4n) is 0.586. The van der Waals surface area contributed by atoms with Gasteiger partial charge in [0.1, 0.15) is 0 Å². The molecule has 1 aromatic carbocycles. The molecule has 11 heavy (non-hydrogen) atoms. The molecule has 0 saturated heterocycles. The van der Waals surface area contributed by atoms with Crippen LogP contribution in [0.2, 0.25) is 0 Å². The van der Waals surface area contributed by atoms with Crippen molar-refractivity contribution in [3.63, 3.8) is 0 Å². The first-order valence-corrected chi connectivity index (χ1v) is 3.68. The summed E-state index contributed by atoms with van der Waals surface area (Å²) < 4.78 is 0. The van der Waals surface area contributed by atoms with Crippen LogP contribution in [-0.2, 0) is 25.0 Å². The average Bonchev–Trinajstić information content (AvgIpc) is 2.10. The van der Waals surface area contributed by atoms with Gasteiger partial charge in [0, 0.05) is 0 Å². The smallest absolute Gasteiger partial charge is 0.341 e. The number of hydrogen-bond acceptors (Lipinski definition) is 0. The van der Waals surface area contributed by atoms with Crippen molar-refractivity contribution in [3.05, 3.63) is 42.8 Å². The molecule has 1 aromatic rings. The molecule has 0 aliphatic heterocycles. The van der Waals surface area contributed by atoms with E-state index in [1.165, 1.54) is 5.56 Å². The van der Waals surface area contributed by atoms with Crippen LogP contribution in [0.15, 0.2) is 24.3 Å². The number of hydrogen-bond donors (Lipinski definition) is 0. The van der Waals surface area contributed by atoms with Crippen LogP contribution in [0.1, 0.15) is 19.4 Å². The average molecular weight is 185 g/mol. The molecular formula is C10H14V. The molecule has 1 rings (SSSR count). The minimum atomic E-state index is 0. The minimum absolute atomic E-state index is 0. The standard InChI is InChI=1S/C8H8.C2H6.V/c1-2-8-6-4-3-5-7-8;1-2;/h3-6H,1-2H2;1-2H3;/q-2;;+2. The second-order valence-electron chi connectivity index (χ2n) is 1.64. The second kappa shape index (κ2) is 9.80. The minimum Gasteiger partial charge on any atom is -0.341 e. The summed E-state index contributed by atoms with van der Waals surface area (Å²) in [6.45, 7) is 7.72. The van der Waals surface area contributed by atoms with Crippen molar-refractivity contribution in [2.45, 2.75) is 20.3 Å². The molecule has 0 amide bonds. The van der Waals surface area contributed by atoms with Crippen LogP contribution >= 0.6 is 0 Å². The first-order chi connectivity index (χ1) is 4.93. The predicted octanol–water partition coefficient (Wildman–Crippen LogP) is 2.89. The SMILES string of the molecule is CC.[CH2-]Cc1[c-]cccc1.[V+2]. The van der Waals surface area contributed by atoms with Gasteiger partial charge in [0.25, 0.3) is 0 Å². The van der Waals surface area contributed by atoms with E-state index in [1.807, 2.05) is 38.1 Å². The fraction of sp³-hybridized carbons (Fsp3) is 0.300. The van der Waals surface area contributed by atoms with Crippen molar-refractivity contribution >= 4 is 0 Å². The van der Waals surface area contributed by atoms with E-state index in [9.17, 15) is 0 Å². The van der Waals surface area contributed by atoms with E-state index in [0.717, 1.165) is 6.42 Å². The third-order valence-corrected chi connectivity index (χ3v) is 1.04. The van der Waals surface area contributed by atoms with Crippen molar-refractivity contribution < 1.29 is 18.6 Å². The van der Waals surface area contributed by atoms with Gasteiger partial charge in [-0.25, -0.2) is 0 Å². The van der Waals surface area contributed by atoms with Gasteiger partial charge in [-0.1, -0.05) is 13.8 Å². The largest absolute Gasteiger partial charge is 2.00 e. The maximum Gasteiger partial charge on any atom is 2.00 e. The van der Waals surface area contributed by atoms with Gasteiger partial charge in [0.15, 0.2) is 0 Å². The van der Waals surface area contributed by atoms with Crippen LogP contribution < -0.4 is 0 Å². The summed E-state index contributed by atoms with van der Waals surface area (Å²) in [6.07, 6.45) is 0.834. The first-order valence-electron chi connectivity index (χ1n) is 3.68. The Morgan fingerprint density at radius 1 is 1.36 bits per heavy atom. The summed E-state index contributed by atoms with van der Waals surface area (Å²) in [5, 5.41) is 0. The van der Waals surface area contributed by atoms with Crippen LogP contribution in [0, 0.1) is 13.0 Å². The topological polar surface area (TPSA) is 0 Å². The van der Waals surface area contributed by atoms with E-state index in [4.69, 9.17) is 0 Å².